The van der Waals surface area contributed by atoms with Crippen LogP contribution in [0.25, 0.3) is 0 Å². The van der Waals surface area contributed by atoms with E-state index in [0.29, 0.717) is 6.04 Å². The summed E-state index contributed by atoms with van der Waals surface area (Å²) in [6, 6.07) is 5.90. The SMILES string of the molecule is CCCCc1cc(CNC(C)C)ccc1F. The molecule has 0 aliphatic heterocycles. The molecule has 0 heterocycles. The first kappa shape index (κ1) is 13.2. The minimum atomic E-state index is -0.0678. The molecule has 0 aliphatic rings. The molecular formula is C14H22FN. The molecule has 0 saturated heterocycles. The van der Waals surface area contributed by atoms with E-state index >= 15 is 0 Å². The summed E-state index contributed by atoms with van der Waals surface area (Å²) in [6.07, 6.45) is 3.00. The van der Waals surface area contributed by atoms with Gasteiger partial charge in [0.2, 0.25) is 0 Å². The predicted molar refractivity (Wildman–Crippen MR) is 67.0 cm³/mol. The molecule has 16 heavy (non-hydrogen) atoms. The molecule has 0 aliphatic carbocycles. The van der Waals surface area contributed by atoms with E-state index in [0.717, 1.165) is 31.4 Å². The van der Waals surface area contributed by atoms with Crippen LogP contribution in [0.2, 0.25) is 0 Å². The van der Waals surface area contributed by atoms with Crippen LogP contribution in [0.3, 0.4) is 0 Å². The van der Waals surface area contributed by atoms with Crippen LogP contribution in [-0.4, -0.2) is 6.04 Å². The summed E-state index contributed by atoms with van der Waals surface area (Å²) < 4.78 is 13.5. The molecule has 0 bridgehead atoms. The van der Waals surface area contributed by atoms with E-state index in [-0.39, 0.29) is 5.82 Å². The van der Waals surface area contributed by atoms with Crippen molar-refractivity contribution >= 4 is 0 Å². The third-order valence-corrected chi connectivity index (χ3v) is 2.62. The van der Waals surface area contributed by atoms with Crippen molar-refractivity contribution in [3.63, 3.8) is 0 Å². The van der Waals surface area contributed by atoms with Crippen molar-refractivity contribution in [1.82, 2.24) is 5.32 Å². The van der Waals surface area contributed by atoms with Crippen LogP contribution in [0.5, 0.6) is 0 Å². The quantitative estimate of drug-likeness (QED) is 0.776. The van der Waals surface area contributed by atoms with Crippen molar-refractivity contribution in [2.24, 2.45) is 0 Å². The molecule has 1 aromatic rings. The van der Waals surface area contributed by atoms with Gasteiger partial charge in [-0.2, -0.15) is 0 Å². The van der Waals surface area contributed by atoms with Crippen LogP contribution in [0.4, 0.5) is 4.39 Å². The summed E-state index contributed by atoms with van der Waals surface area (Å²) in [5, 5.41) is 3.34. The number of nitrogens with one attached hydrogen (secondary N) is 1. The molecule has 1 rings (SSSR count). The molecular weight excluding hydrogens is 201 g/mol. The van der Waals surface area contributed by atoms with E-state index in [1.807, 2.05) is 12.1 Å². The standard InChI is InChI=1S/C14H22FN/c1-4-5-6-13-9-12(7-8-14(13)15)10-16-11(2)3/h7-9,11,16H,4-6,10H2,1-3H3. The minimum absolute atomic E-state index is 0.0678. The number of unbranched alkanes of at least 4 members (excludes halogenated alkanes) is 1. The van der Waals surface area contributed by atoms with Crippen molar-refractivity contribution in [3.05, 3.63) is 35.1 Å². The van der Waals surface area contributed by atoms with Crippen LogP contribution in [0.1, 0.15) is 44.7 Å². The first-order valence-electron chi connectivity index (χ1n) is 6.14. The fourth-order valence-electron chi connectivity index (χ4n) is 1.62. The highest BCUT2D eigenvalue weighted by molar-refractivity contribution is 5.25. The molecule has 0 unspecified atom stereocenters. The fraction of sp³-hybridized carbons (Fsp3) is 0.571. The molecule has 2 heteroatoms. The number of hydrogen-bond acceptors (Lipinski definition) is 1. The monoisotopic (exact) mass is 223 g/mol. The Kier molecular flexibility index (Phi) is 5.47. The molecule has 90 valence electrons. The third-order valence-electron chi connectivity index (χ3n) is 2.62. The Morgan fingerprint density at radius 3 is 2.69 bits per heavy atom. The second-order valence-electron chi connectivity index (χ2n) is 4.56. The van der Waals surface area contributed by atoms with E-state index < -0.39 is 0 Å². The lowest BCUT2D eigenvalue weighted by Gasteiger charge is -2.10. The Hall–Kier alpha value is -0.890. The number of hydrogen-bond donors (Lipinski definition) is 1. The second-order valence-corrected chi connectivity index (χ2v) is 4.56. The summed E-state index contributed by atoms with van der Waals surface area (Å²) in [4.78, 5) is 0. The highest BCUT2D eigenvalue weighted by Crippen LogP contribution is 2.13. The Balaban J connectivity index is 2.65. The van der Waals surface area contributed by atoms with Gasteiger partial charge in [-0.15, -0.1) is 0 Å². The van der Waals surface area contributed by atoms with Crippen LogP contribution in [0.15, 0.2) is 18.2 Å². The molecule has 1 nitrogen and oxygen atoms in total. The van der Waals surface area contributed by atoms with Gasteiger partial charge < -0.3 is 5.32 Å². The molecule has 1 aromatic carbocycles. The van der Waals surface area contributed by atoms with E-state index in [2.05, 4.69) is 26.1 Å². The first-order chi connectivity index (χ1) is 7.63. The van der Waals surface area contributed by atoms with Crippen LogP contribution in [0, 0.1) is 5.82 Å². The van der Waals surface area contributed by atoms with E-state index in [4.69, 9.17) is 0 Å². The number of benzene rings is 1. The molecule has 0 spiro atoms. The summed E-state index contributed by atoms with van der Waals surface area (Å²) in [5.74, 6) is -0.0678. The van der Waals surface area contributed by atoms with Crippen molar-refractivity contribution in [2.45, 2.75) is 52.6 Å². The molecule has 0 saturated carbocycles. The van der Waals surface area contributed by atoms with Crippen molar-refractivity contribution in [1.29, 1.82) is 0 Å². The van der Waals surface area contributed by atoms with E-state index in [1.54, 1.807) is 6.07 Å². The van der Waals surface area contributed by atoms with Gasteiger partial charge in [0.25, 0.3) is 0 Å². The fourth-order valence-corrected chi connectivity index (χ4v) is 1.62. The molecule has 0 radical (unpaired) electrons. The smallest absolute Gasteiger partial charge is 0.126 e. The minimum Gasteiger partial charge on any atom is -0.310 e. The highest BCUT2D eigenvalue weighted by atomic mass is 19.1. The van der Waals surface area contributed by atoms with Gasteiger partial charge in [-0.3, -0.25) is 0 Å². The average Bonchev–Trinajstić information content (AvgIpc) is 2.26. The van der Waals surface area contributed by atoms with Crippen molar-refractivity contribution in [3.8, 4) is 0 Å². The molecule has 0 aromatic heterocycles. The summed E-state index contributed by atoms with van der Waals surface area (Å²) in [7, 11) is 0. The number of aryl methyl sites for hydroxylation is 1. The Morgan fingerprint density at radius 2 is 2.06 bits per heavy atom. The van der Waals surface area contributed by atoms with Gasteiger partial charge >= 0.3 is 0 Å². The Bertz CT molecular complexity index is 321. The molecule has 1 N–H and O–H groups in total. The van der Waals surface area contributed by atoms with Gasteiger partial charge in [-0.25, -0.2) is 4.39 Å². The van der Waals surface area contributed by atoms with Crippen LogP contribution in [-0.2, 0) is 13.0 Å². The van der Waals surface area contributed by atoms with Gasteiger partial charge in [0, 0.05) is 12.6 Å². The zero-order chi connectivity index (χ0) is 12.0. The summed E-state index contributed by atoms with van der Waals surface area (Å²) >= 11 is 0. The molecule has 0 amide bonds. The van der Waals surface area contributed by atoms with Gasteiger partial charge in [0.15, 0.2) is 0 Å². The predicted octanol–water partition coefficient (Wildman–Crippen LogP) is 3.67. The largest absolute Gasteiger partial charge is 0.310 e. The average molecular weight is 223 g/mol. The van der Waals surface area contributed by atoms with Crippen LogP contribution < -0.4 is 5.32 Å². The van der Waals surface area contributed by atoms with E-state index in [9.17, 15) is 4.39 Å². The maximum absolute atomic E-state index is 13.5. The van der Waals surface area contributed by atoms with Gasteiger partial charge in [-0.05, 0) is 30.0 Å². The van der Waals surface area contributed by atoms with Gasteiger partial charge in [0.05, 0.1) is 0 Å². The summed E-state index contributed by atoms with van der Waals surface area (Å²) in [6.45, 7) is 7.17. The van der Waals surface area contributed by atoms with Crippen molar-refractivity contribution in [2.75, 3.05) is 0 Å². The van der Waals surface area contributed by atoms with Crippen molar-refractivity contribution < 1.29 is 4.39 Å². The topological polar surface area (TPSA) is 12.0 Å². The van der Waals surface area contributed by atoms with Crippen LogP contribution >= 0.6 is 0 Å². The second kappa shape index (κ2) is 6.64. The van der Waals surface area contributed by atoms with Gasteiger partial charge in [-0.1, -0.05) is 39.3 Å². The zero-order valence-electron chi connectivity index (χ0n) is 10.5. The van der Waals surface area contributed by atoms with E-state index in [1.165, 1.54) is 5.56 Å². The number of halogens is 1. The molecule has 0 atom stereocenters. The molecule has 0 fully saturated rings. The third kappa shape index (κ3) is 4.31. The lowest BCUT2D eigenvalue weighted by Crippen LogP contribution is -2.21. The zero-order valence-corrected chi connectivity index (χ0v) is 10.5. The highest BCUT2D eigenvalue weighted by Gasteiger charge is 2.03. The normalized spacial score (nSPS) is 11.1. The Labute approximate surface area is 98.1 Å². The first-order valence-corrected chi connectivity index (χ1v) is 6.14. The maximum atomic E-state index is 13.5. The number of rotatable bonds is 6. The van der Waals surface area contributed by atoms with Gasteiger partial charge in [0.1, 0.15) is 5.82 Å². The maximum Gasteiger partial charge on any atom is 0.126 e. The lowest BCUT2D eigenvalue weighted by molar-refractivity contribution is 0.581. The lowest BCUT2D eigenvalue weighted by atomic mass is 10.0. The Morgan fingerprint density at radius 1 is 1.31 bits per heavy atom. The summed E-state index contributed by atoms with van der Waals surface area (Å²) in [5.41, 5.74) is 2.02.